The maximum absolute atomic E-state index is 12.2. The quantitative estimate of drug-likeness (QED) is 0.776. The topological polar surface area (TPSA) is 66.8 Å². The van der Waals surface area contributed by atoms with Crippen molar-refractivity contribution in [3.05, 3.63) is 48.8 Å². The summed E-state index contributed by atoms with van der Waals surface area (Å²) in [6.07, 6.45) is 5.67. The summed E-state index contributed by atoms with van der Waals surface area (Å²) in [5.41, 5.74) is 2.01. The monoisotopic (exact) mass is 283 g/mol. The molecule has 0 spiro atoms. The fraction of sp³-hybridized carbons (Fsp3) is 0.267. The number of carbonyl (C=O) groups is 1. The Labute approximate surface area is 122 Å². The van der Waals surface area contributed by atoms with E-state index >= 15 is 0 Å². The van der Waals surface area contributed by atoms with Crippen molar-refractivity contribution in [2.75, 3.05) is 7.05 Å². The molecular formula is C15H17N5O. The molecule has 0 fully saturated rings. The molecule has 0 unspecified atom stereocenters. The fourth-order valence-corrected chi connectivity index (χ4v) is 2.29. The highest BCUT2D eigenvalue weighted by Gasteiger charge is 2.11. The Morgan fingerprint density at radius 1 is 1.33 bits per heavy atom. The van der Waals surface area contributed by atoms with E-state index in [-0.39, 0.29) is 5.91 Å². The third kappa shape index (κ3) is 2.94. The summed E-state index contributed by atoms with van der Waals surface area (Å²) in [4.78, 5) is 25.3. The van der Waals surface area contributed by atoms with Crippen LogP contribution in [0.1, 0.15) is 12.2 Å². The molecule has 108 valence electrons. The molecule has 0 saturated heterocycles. The third-order valence-electron chi connectivity index (χ3n) is 3.46. The predicted octanol–water partition coefficient (Wildman–Crippen LogP) is 1.81. The Balaban J connectivity index is 1.60. The minimum absolute atomic E-state index is 0.0872. The predicted molar refractivity (Wildman–Crippen MR) is 79.4 cm³/mol. The smallest absolute Gasteiger partial charge is 0.224 e. The van der Waals surface area contributed by atoms with Crippen molar-refractivity contribution in [1.82, 2.24) is 24.4 Å². The number of hydrogen-bond donors (Lipinski definition) is 1. The van der Waals surface area contributed by atoms with E-state index in [1.165, 1.54) is 0 Å². The number of aromatic amines is 1. The lowest BCUT2D eigenvalue weighted by Crippen LogP contribution is -2.27. The molecule has 0 saturated carbocycles. The first-order chi connectivity index (χ1) is 10.2. The van der Waals surface area contributed by atoms with Crippen LogP contribution in [0.4, 0.5) is 0 Å². The van der Waals surface area contributed by atoms with Gasteiger partial charge in [0.25, 0.3) is 0 Å². The molecule has 1 aromatic carbocycles. The lowest BCUT2D eigenvalue weighted by Gasteiger charge is -2.16. The molecule has 6 nitrogen and oxygen atoms in total. The molecule has 3 aromatic rings. The first-order valence-corrected chi connectivity index (χ1v) is 6.86. The highest BCUT2D eigenvalue weighted by atomic mass is 16.2. The molecule has 2 heterocycles. The van der Waals surface area contributed by atoms with Crippen LogP contribution in [0.25, 0.3) is 11.0 Å². The Bertz CT molecular complexity index is 731. The van der Waals surface area contributed by atoms with Crippen LogP contribution in [-0.4, -0.2) is 37.4 Å². The number of para-hydroxylation sites is 2. The van der Waals surface area contributed by atoms with Crippen molar-refractivity contribution < 1.29 is 4.79 Å². The summed E-state index contributed by atoms with van der Waals surface area (Å²) in [5, 5.41) is 0. The van der Waals surface area contributed by atoms with Gasteiger partial charge in [0.05, 0.1) is 23.9 Å². The van der Waals surface area contributed by atoms with Crippen LogP contribution in [0.2, 0.25) is 0 Å². The summed E-state index contributed by atoms with van der Waals surface area (Å²) < 4.78 is 2.01. The maximum atomic E-state index is 12.2. The number of H-pyrrole nitrogens is 1. The van der Waals surface area contributed by atoms with Gasteiger partial charge < -0.3 is 14.5 Å². The number of rotatable bonds is 5. The van der Waals surface area contributed by atoms with Crippen molar-refractivity contribution in [2.45, 2.75) is 19.5 Å². The largest absolute Gasteiger partial charge is 0.347 e. The average molecular weight is 283 g/mol. The Kier molecular flexibility index (Phi) is 3.68. The number of carbonyl (C=O) groups excluding carboxylic acids is 1. The molecule has 0 aliphatic heterocycles. The second-order valence-electron chi connectivity index (χ2n) is 4.96. The molecule has 1 amide bonds. The minimum Gasteiger partial charge on any atom is -0.347 e. The molecular weight excluding hydrogens is 266 g/mol. The number of nitrogens with one attached hydrogen (secondary N) is 1. The molecule has 0 bridgehead atoms. The Morgan fingerprint density at radius 3 is 3.00 bits per heavy atom. The number of aromatic nitrogens is 4. The van der Waals surface area contributed by atoms with Gasteiger partial charge in [-0.25, -0.2) is 9.97 Å². The molecule has 3 rings (SSSR count). The molecule has 0 aliphatic carbocycles. The van der Waals surface area contributed by atoms with Gasteiger partial charge in [-0.2, -0.15) is 0 Å². The molecule has 2 aromatic heterocycles. The van der Waals surface area contributed by atoms with Gasteiger partial charge in [0.15, 0.2) is 0 Å². The number of amides is 1. The lowest BCUT2D eigenvalue weighted by atomic mass is 10.3. The van der Waals surface area contributed by atoms with E-state index in [9.17, 15) is 4.79 Å². The van der Waals surface area contributed by atoms with Gasteiger partial charge in [0, 0.05) is 32.4 Å². The van der Waals surface area contributed by atoms with Crippen LogP contribution in [-0.2, 0) is 17.9 Å². The van der Waals surface area contributed by atoms with Gasteiger partial charge in [0.2, 0.25) is 5.91 Å². The zero-order chi connectivity index (χ0) is 14.7. The van der Waals surface area contributed by atoms with E-state index in [0.717, 1.165) is 16.9 Å². The van der Waals surface area contributed by atoms with Crippen LogP contribution < -0.4 is 0 Å². The molecule has 0 atom stereocenters. The van der Waals surface area contributed by atoms with Crippen LogP contribution in [0.15, 0.2) is 43.0 Å². The first-order valence-electron chi connectivity index (χ1n) is 6.86. The highest BCUT2D eigenvalue weighted by molar-refractivity contribution is 5.77. The number of fused-ring (bicyclic) bond motifs is 1. The van der Waals surface area contributed by atoms with E-state index in [4.69, 9.17) is 0 Å². The fourth-order valence-electron chi connectivity index (χ4n) is 2.29. The second kappa shape index (κ2) is 5.78. The standard InChI is InChI=1S/C15H17N5O/c1-19(10-14-16-7-8-17-14)15(21)6-9-20-11-18-12-4-2-3-5-13(12)20/h2-5,7-8,11H,6,9-10H2,1H3,(H,16,17). The third-order valence-corrected chi connectivity index (χ3v) is 3.46. The van der Waals surface area contributed by atoms with Crippen molar-refractivity contribution in [3.8, 4) is 0 Å². The number of hydrogen-bond acceptors (Lipinski definition) is 3. The highest BCUT2D eigenvalue weighted by Crippen LogP contribution is 2.12. The number of imidazole rings is 2. The zero-order valence-electron chi connectivity index (χ0n) is 11.9. The van der Waals surface area contributed by atoms with E-state index < -0.39 is 0 Å². The average Bonchev–Trinajstić information content (AvgIpc) is 3.14. The normalized spacial score (nSPS) is 10.9. The summed E-state index contributed by atoms with van der Waals surface area (Å²) in [5.74, 6) is 0.878. The summed E-state index contributed by atoms with van der Waals surface area (Å²) in [6, 6.07) is 7.92. The van der Waals surface area contributed by atoms with E-state index in [0.29, 0.717) is 19.5 Å². The maximum Gasteiger partial charge on any atom is 0.224 e. The zero-order valence-corrected chi connectivity index (χ0v) is 11.9. The first kappa shape index (κ1) is 13.4. The molecule has 0 radical (unpaired) electrons. The molecule has 21 heavy (non-hydrogen) atoms. The van der Waals surface area contributed by atoms with Crippen molar-refractivity contribution in [3.63, 3.8) is 0 Å². The molecule has 6 heteroatoms. The van der Waals surface area contributed by atoms with Gasteiger partial charge >= 0.3 is 0 Å². The van der Waals surface area contributed by atoms with Crippen molar-refractivity contribution in [2.24, 2.45) is 0 Å². The van der Waals surface area contributed by atoms with Gasteiger partial charge in [-0.15, -0.1) is 0 Å². The van der Waals surface area contributed by atoms with Crippen molar-refractivity contribution >= 4 is 16.9 Å². The van der Waals surface area contributed by atoms with Gasteiger partial charge in [0.1, 0.15) is 5.82 Å². The second-order valence-corrected chi connectivity index (χ2v) is 4.96. The van der Waals surface area contributed by atoms with E-state index in [2.05, 4.69) is 15.0 Å². The summed E-state index contributed by atoms with van der Waals surface area (Å²) >= 11 is 0. The molecule has 1 N–H and O–H groups in total. The number of benzene rings is 1. The van der Waals surface area contributed by atoms with Crippen LogP contribution in [0.3, 0.4) is 0 Å². The van der Waals surface area contributed by atoms with E-state index in [1.54, 1.807) is 30.7 Å². The van der Waals surface area contributed by atoms with Crippen LogP contribution in [0, 0.1) is 0 Å². The Morgan fingerprint density at radius 2 is 2.19 bits per heavy atom. The number of nitrogens with zero attached hydrogens (tertiary/aromatic N) is 4. The summed E-state index contributed by atoms with van der Waals surface area (Å²) in [6.45, 7) is 1.12. The van der Waals surface area contributed by atoms with Crippen LogP contribution in [0.5, 0.6) is 0 Å². The minimum atomic E-state index is 0.0872. The molecule has 0 aliphatic rings. The van der Waals surface area contributed by atoms with Gasteiger partial charge in [-0.1, -0.05) is 12.1 Å². The SMILES string of the molecule is CN(Cc1ncc[nH]1)C(=O)CCn1cnc2ccccc21. The van der Waals surface area contributed by atoms with Gasteiger partial charge in [-0.05, 0) is 12.1 Å². The summed E-state index contributed by atoms with van der Waals surface area (Å²) in [7, 11) is 1.79. The lowest BCUT2D eigenvalue weighted by molar-refractivity contribution is -0.130. The number of aryl methyl sites for hydroxylation is 1. The van der Waals surface area contributed by atoms with Gasteiger partial charge in [-0.3, -0.25) is 4.79 Å². The van der Waals surface area contributed by atoms with Crippen LogP contribution >= 0.6 is 0 Å². The van der Waals surface area contributed by atoms with Crippen molar-refractivity contribution in [1.29, 1.82) is 0 Å². The van der Waals surface area contributed by atoms with E-state index in [1.807, 2.05) is 28.8 Å². The Hall–Kier alpha value is -2.63.